The van der Waals surface area contributed by atoms with Crippen molar-refractivity contribution < 1.29 is 19.7 Å². The van der Waals surface area contributed by atoms with Crippen LogP contribution in [-0.2, 0) is 6.42 Å². The molecule has 1 rings (SSSR count). The Balaban J connectivity index is 2.57. The van der Waals surface area contributed by atoms with Crippen molar-refractivity contribution in [2.24, 2.45) is 0 Å². The van der Waals surface area contributed by atoms with Crippen molar-refractivity contribution in [3.8, 4) is 23.0 Å². The standard InChI is InChI=1S/C31H48O4/c1-9-13-22(2)14-10-15-23(3)16-11-17-24(4)18-12-19-25(5)20-21-27-26(6)28(32)30(34-7)31(35-8)29(27)33/h14,16,18,20,32-33H,9-13,15,17,19,21H2,1-8H3/b22-14+,23-16+,24-18+,25-20+. The number of allylic oxidation sites excluding steroid dienone is 8. The molecule has 196 valence electrons. The Hall–Kier alpha value is -2.62. The molecule has 0 aromatic heterocycles. The van der Waals surface area contributed by atoms with Gasteiger partial charge in [-0.2, -0.15) is 0 Å². The van der Waals surface area contributed by atoms with Gasteiger partial charge in [0.15, 0.2) is 11.5 Å². The monoisotopic (exact) mass is 484 g/mol. The summed E-state index contributed by atoms with van der Waals surface area (Å²) in [5, 5.41) is 21.0. The molecule has 0 aliphatic heterocycles. The fraction of sp³-hybridized carbons (Fsp3) is 0.548. The van der Waals surface area contributed by atoms with E-state index >= 15 is 0 Å². The number of ether oxygens (including phenoxy) is 2. The maximum Gasteiger partial charge on any atom is 0.207 e. The van der Waals surface area contributed by atoms with Crippen LogP contribution < -0.4 is 9.47 Å². The maximum absolute atomic E-state index is 10.6. The first-order valence-electron chi connectivity index (χ1n) is 12.9. The topological polar surface area (TPSA) is 58.9 Å². The van der Waals surface area contributed by atoms with Crippen molar-refractivity contribution in [2.75, 3.05) is 14.2 Å². The van der Waals surface area contributed by atoms with Gasteiger partial charge in [0.1, 0.15) is 0 Å². The molecule has 0 saturated carbocycles. The summed E-state index contributed by atoms with van der Waals surface area (Å²) < 4.78 is 10.5. The molecular weight excluding hydrogens is 436 g/mol. The number of phenolic OH excluding ortho intramolecular Hbond substituents is 2. The first-order valence-corrected chi connectivity index (χ1v) is 12.9. The third kappa shape index (κ3) is 10.3. The highest BCUT2D eigenvalue weighted by molar-refractivity contribution is 5.66. The first kappa shape index (κ1) is 30.4. The second-order valence-corrected chi connectivity index (χ2v) is 9.64. The van der Waals surface area contributed by atoms with Crippen molar-refractivity contribution >= 4 is 0 Å². The quantitative estimate of drug-likeness (QED) is 0.193. The molecule has 0 aliphatic carbocycles. The number of rotatable bonds is 15. The molecule has 0 radical (unpaired) electrons. The van der Waals surface area contributed by atoms with E-state index in [0.29, 0.717) is 17.5 Å². The molecule has 0 unspecified atom stereocenters. The minimum atomic E-state index is 0.00844. The van der Waals surface area contributed by atoms with Crippen LogP contribution in [0.4, 0.5) is 0 Å². The van der Waals surface area contributed by atoms with E-state index in [1.165, 1.54) is 49.4 Å². The minimum Gasteiger partial charge on any atom is -0.504 e. The molecule has 0 aliphatic rings. The Labute approximate surface area is 214 Å². The lowest BCUT2D eigenvalue weighted by molar-refractivity contribution is 0.314. The molecule has 0 spiro atoms. The van der Waals surface area contributed by atoms with E-state index in [1.807, 2.05) is 0 Å². The Morgan fingerprint density at radius 3 is 1.49 bits per heavy atom. The third-order valence-corrected chi connectivity index (χ3v) is 6.53. The summed E-state index contributed by atoms with van der Waals surface area (Å²) in [4.78, 5) is 0. The van der Waals surface area contributed by atoms with Crippen LogP contribution in [0.2, 0.25) is 0 Å². The molecule has 0 fully saturated rings. The number of hydrogen-bond acceptors (Lipinski definition) is 4. The number of phenols is 2. The van der Waals surface area contributed by atoms with E-state index in [9.17, 15) is 10.2 Å². The van der Waals surface area contributed by atoms with E-state index in [2.05, 4.69) is 58.9 Å². The van der Waals surface area contributed by atoms with Crippen molar-refractivity contribution in [3.63, 3.8) is 0 Å². The molecule has 0 saturated heterocycles. The van der Waals surface area contributed by atoms with Crippen LogP contribution in [0, 0.1) is 6.92 Å². The highest BCUT2D eigenvalue weighted by atomic mass is 16.5. The van der Waals surface area contributed by atoms with E-state index in [0.717, 1.165) is 38.5 Å². The summed E-state index contributed by atoms with van der Waals surface area (Å²) in [6.45, 7) is 12.8. The van der Waals surface area contributed by atoms with Gasteiger partial charge < -0.3 is 19.7 Å². The van der Waals surface area contributed by atoms with Crippen LogP contribution in [0.1, 0.15) is 97.1 Å². The zero-order valence-electron chi connectivity index (χ0n) is 23.4. The maximum atomic E-state index is 10.6. The first-order chi connectivity index (χ1) is 16.7. The highest BCUT2D eigenvalue weighted by Gasteiger charge is 2.22. The number of benzene rings is 1. The molecule has 1 aromatic rings. The number of methoxy groups -OCH3 is 2. The fourth-order valence-electron chi connectivity index (χ4n) is 4.19. The fourth-order valence-corrected chi connectivity index (χ4v) is 4.19. The van der Waals surface area contributed by atoms with Crippen LogP contribution in [0.5, 0.6) is 23.0 Å². The van der Waals surface area contributed by atoms with Crippen molar-refractivity contribution in [1.82, 2.24) is 0 Å². The van der Waals surface area contributed by atoms with E-state index in [1.54, 1.807) is 6.92 Å². The summed E-state index contributed by atoms with van der Waals surface area (Å²) in [5.41, 5.74) is 6.94. The van der Waals surface area contributed by atoms with Gasteiger partial charge in [0, 0.05) is 11.1 Å². The molecule has 0 heterocycles. The van der Waals surface area contributed by atoms with Crippen molar-refractivity contribution in [2.45, 2.75) is 99.3 Å². The van der Waals surface area contributed by atoms with Crippen LogP contribution >= 0.6 is 0 Å². The molecule has 1 aromatic carbocycles. The normalized spacial score (nSPS) is 13.4. The van der Waals surface area contributed by atoms with Crippen LogP contribution in [0.3, 0.4) is 0 Å². The van der Waals surface area contributed by atoms with Gasteiger partial charge in [-0.15, -0.1) is 0 Å². The van der Waals surface area contributed by atoms with Gasteiger partial charge in [0.2, 0.25) is 11.5 Å². The molecule has 4 nitrogen and oxygen atoms in total. The third-order valence-electron chi connectivity index (χ3n) is 6.53. The molecule has 35 heavy (non-hydrogen) atoms. The molecular formula is C31H48O4. The largest absolute Gasteiger partial charge is 0.504 e. The second kappa shape index (κ2) is 16.1. The predicted molar refractivity (Wildman–Crippen MR) is 149 cm³/mol. The summed E-state index contributed by atoms with van der Waals surface area (Å²) >= 11 is 0. The molecule has 0 amide bonds. The lowest BCUT2D eigenvalue weighted by Gasteiger charge is -2.17. The van der Waals surface area contributed by atoms with Crippen LogP contribution in [0.15, 0.2) is 46.6 Å². The van der Waals surface area contributed by atoms with Gasteiger partial charge >= 0.3 is 0 Å². The van der Waals surface area contributed by atoms with Crippen molar-refractivity contribution in [3.05, 3.63) is 57.7 Å². The predicted octanol–water partition coefficient (Wildman–Crippen LogP) is 8.89. The van der Waals surface area contributed by atoms with Gasteiger partial charge in [-0.1, -0.05) is 59.9 Å². The summed E-state index contributed by atoms with van der Waals surface area (Å²) in [5.74, 6) is 0.364. The summed E-state index contributed by atoms with van der Waals surface area (Å²) in [6, 6.07) is 0. The number of aromatic hydroxyl groups is 2. The van der Waals surface area contributed by atoms with Gasteiger partial charge in [-0.25, -0.2) is 0 Å². The van der Waals surface area contributed by atoms with Crippen LogP contribution in [0.25, 0.3) is 0 Å². The smallest absolute Gasteiger partial charge is 0.207 e. The van der Waals surface area contributed by atoms with Crippen LogP contribution in [-0.4, -0.2) is 24.4 Å². The van der Waals surface area contributed by atoms with E-state index in [4.69, 9.17) is 9.47 Å². The second-order valence-electron chi connectivity index (χ2n) is 9.64. The summed E-state index contributed by atoms with van der Waals surface area (Å²) in [6.07, 6.45) is 18.7. The Bertz CT molecular complexity index is 932. The average molecular weight is 485 g/mol. The molecule has 2 N–H and O–H groups in total. The molecule has 0 bridgehead atoms. The Morgan fingerprint density at radius 1 is 0.657 bits per heavy atom. The zero-order valence-corrected chi connectivity index (χ0v) is 23.4. The van der Waals surface area contributed by atoms with Gasteiger partial charge in [0.05, 0.1) is 14.2 Å². The van der Waals surface area contributed by atoms with Gasteiger partial charge in [-0.05, 0) is 86.0 Å². The Morgan fingerprint density at radius 2 is 1.06 bits per heavy atom. The minimum absolute atomic E-state index is 0.00844. The summed E-state index contributed by atoms with van der Waals surface area (Å²) in [7, 11) is 2.90. The lowest BCUT2D eigenvalue weighted by Crippen LogP contribution is -1.98. The van der Waals surface area contributed by atoms with Crippen molar-refractivity contribution in [1.29, 1.82) is 0 Å². The molecule has 0 atom stereocenters. The average Bonchev–Trinajstić information content (AvgIpc) is 2.81. The highest BCUT2D eigenvalue weighted by Crippen LogP contribution is 2.48. The van der Waals surface area contributed by atoms with Gasteiger partial charge in [0.25, 0.3) is 0 Å². The van der Waals surface area contributed by atoms with E-state index < -0.39 is 0 Å². The zero-order chi connectivity index (χ0) is 26.4. The van der Waals surface area contributed by atoms with Gasteiger partial charge in [-0.3, -0.25) is 0 Å². The van der Waals surface area contributed by atoms with E-state index in [-0.39, 0.29) is 23.0 Å². The number of hydrogen-bond donors (Lipinski definition) is 2. The Kier molecular flexibility index (Phi) is 14.0. The SMILES string of the molecule is CCC/C(C)=C/CC/C(C)=C/CC/C(C)=C/CC/C(C)=C/Cc1c(C)c(O)c(OC)c(OC)c1O. The lowest BCUT2D eigenvalue weighted by atomic mass is 9.99. The molecule has 4 heteroatoms.